The first-order chi connectivity index (χ1) is 16.1. The van der Waals surface area contributed by atoms with Crippen LogP contribution < -0.4 is 0 Å². The fourth-order valence-electron chi connectivity index (χ4n) is 5.30. The van der Waals surface area contributed by atoms with Gasteiger partial charge in [0.1, 0.15) is 0 Å². The Labute approximate surface area is 211 Å². The molecule has 0 saturated heterocycles. The smallest absolute Gasteiger partial charge is 0.0625 e. The molecule has 1 atom stereocenters. The monoisotopic (exact) mass is 467 g/mol. The van der Waals surface area contributed by atoms with Gasteiger partial charge in [-0.15, -0.1) is 0 Å². The molecule has 0 fully saturated rings. The maximum Gasteiger partial charge on any atom is 0.0625 e. The molecule has 0 aliphatic carbocycles. The Bertz CT molecular complexity index is 362. The van der Waals surface area contributed by atoms with E-state index in [0.29, 0.717) is 11.5 Å². The van der Waals surface area contributed by atoms with Crippen LogP contribution in [0.25, 0.3) is 0 Å². The van der Waals surface area contributed by atoms with Crippen molar-refractivity contribution in [2.75, 3.05) is 6.61 Å². The van der Waals surface area contributed by atoms with Crippen LogP contribution in [-0.2, 0) is 4.74 Å². The van der Waals surface area contributed by atoms with Gasteiger partial charge in [-0.05, 0) is 25.2 Å². The summed E-state index contributed by atoms with van der Waals surface area (Å²) in [6.45, 7) is 12.5. The van der Waals surface area contributed by atoms with Crippen LogP contribution >= 0.6 is 0 Å². The van der Waals surface area contributed by atoms with Gasteiger partial charge in [0.25, 0.3) is 0 Å². The quantitative estimate of drug-likeness (QED) is 0.109. The molecule has 1 nitrogen and oxygen atoms in total. The van der Waals surface area contributed by atoms with Gasteiger partial charge in [-0.3, -0.25) is 0 Å². The number of ether oxygens (including phenoxy) is 1. The lowest BCUT2D eigenvalue weighted by Crippen LogP contribution is -2.32. The van der Waals surface area contributed by atoms with Gasteiger partial charge in [0.15, 0.2) is 0 Å². The van der Waals surface area contributed by atoms with Gasteiger partial charge in [0.2, 0.25) is 0 Å². The van der Waals surface area contributed by atoms with Crippen molar-refractivity contribution < 1.29 is 4.74 Å². The normalized spacial score (nSPS) is 13.0. The zero-order valence-corrected chi connectivity index (χ0v) is 24.2. The number of hydrogen-bond acceptors (Lipinski definition) is 1. The highest BCUT2D eigenvalue weighted by molar-refractivity contribution is 4.79. The Morgan fingerprint density at radius 2 is 0.788 bits per heavy atom. The second kappa shape index (κ2) is 25.1. The first kappa shape index (κ1) is 33.0. The van der Waals surface area contributed by atoms with E-state index in [1.807, 2.05) is 0 Å². The molecule has 0 spiro atoms. The molecule has 0 aromatic heterocycles. The lowest BCUT2D eigenvalue weighted by atomic mass is 9.79. The molecule has 0 aliphatic heterocycles. The molecule has 33 heavy (non-hydrogen) atoms. The minimum absolute atomic E-state index is 0.329. The molecule has 200 valence electrons. The van der Waals surface area contributed by atoms with E-state index < -0.39 is 0 Å². The zero-order valence-electron chi connectivity index (χ0n) is 24.2. The molecular formula is C32H66O. The van der Waals surface area contributed by atoms with Crippen molar-refractivity contribution in [2.45, 2.75) is 195 Å². The molecule has 0 saturated carbocycles. The molecular weight excluding hydrogens is 400 g/mol. The van der Waals surface area contributed by atoms with Crippen LogP contribution in [0.3, 0.4) is 0 Å². The van der Waals surface area contributed by atoms with E-state index in [1.165, 1.54) is 154 Å². The molecule has 1 unspecified atom stereocenters. The fraction of sp³-hybridized carbons (Fsp3) is 1.00. The minimum Gasteiger partial charge on any atom is -0.378 e. The van der Waals surface area contributed by atoms with Crippen molar-refractivity contribution >= 4 is 0 Å². The van der Waals surface area contributed by atoms with Gasteiger partial charge in [-0.2, -0.15) is 0 Å². The summed E-state index contributed by atoms with van der Waals surface area (Å²) in [5.41, 5.74) is 0.329. The average Bonchev–Trinajstić information content (AvgIpc) is 2.80. The van der Waals surface area contributed by atoms with E-state index in [0.717, 1.165) is 6.61 Å². The lowest BCUT2D eigenvalue weighted by molar-refractivity contribution is -0.0308. The number of hydrogen-bond donors (Lipinski definition) is 0. The van der Waals surface area contributed by atoms with Gasteiger partial charge in [-0.1, -0.05) is 169 Å². The zero-order chi connectivity index (χ0) is 24.5. The van der Waals surface area contributed by atoms with Gasteiger partial charge >= 0.3 is 0 Å². The first-order valence-electron chi connectivity index (χ1n) is 15.7. The Morgan fingerprint density at radius 1 is 0.455 bits per heavy atom. The maximum absolute atomic E-state index is 6.21. The van der Waals surface area contributed by atoms with E-state index in [1.54, 1.807) is 0 Å². The summed E-state index contributed by atoms with van der Waals surface area (Å²) >= 11 is 0. The highest BCUT2D eigenvalue weighted by Gasteiger charge is 2.29. The Kier molecular flexibility index (Phi) is 25.0. The van der Waals surface area contributed by atoms with Crippen molar-refractivity contribution in [1.82, 2.24) is 0 Å². The summed E-state index contributed by atoms with van der Waals surface area (Å²) in [4.78, 5) is 0. The van der Waals surface area contributed by atoms with E-state index >= 15 is 0 Å². The second-order valence-corrected chi connectivity index (χ2v) is 11.5. The van der Waals surface area contributed by atoms with Crippen LogP contribution in [0.5, 0.6) is 0 Å². The molecule has 0 bridgehead atoms. The molecule has 0 amide bonds. The Balaban J connectivity index is 3.61. The molecule has 0 radical (unpaired) electrons. The predicted octanol–water partition coefficient (Wildman–Crippen LogP) is 11.8. The topological polar surface area (TPSA) is 9.23 Å². The summed E-state index contributed by atoms with van der Waals surface area (Å²) in [7, 11) is 0. The first-order valence-corrected chi connectivity index (χ1v) is 15.7. The SMILES string of the molecule is CCCCCCCCCCCCCCCCCCC(C)(C)C(CCCCCCCC)OCC. The summed E-state index contributed by atoms with van der Waals surface area (Å²) in [6, 6.07) is 0. The maximum atomic E-state index is 6.21. The molecule has 0 heterocycles. The molecule has 0 aliphatic rings. The van der Waals surface area contributed by atoms with Crippen LogP contribution in [0.4, 0.5) is 0 Å². The summed E-state index contributed by atoms with van der Waals surface area (Å²) in [5, 5.41) is 0. The van der Waals surface area contributed by atoms with Crippen molar-refractivity contribution in [2.24, 2.45) is 5.41 Å². The fourth-order valence-corrected chi connectivity index (χ4v) is 5.30. The molecule has 1 heteroatoms. The van der Waals surface area contributed by atoms with Crippen LogP contribution in [0.15, 0.2) is 0 Å². The minimum atomic E-state index is 0.329. The van der Waals surface area contributed by atoms with Crippen molar-refractivity contribution in [3.63, 3.8) is 0 Å². The number of rotatable bonds is 27. The molecule has 0 N–H and O–H groups in total. The third kappa shape index (κ3) is 22.2. The lowest BCUT2D eigenvalue weighted by Gasteiger charge is -2.34. The predicted molar refractivity (Wildman–Crippen MR) is 151 cm³/mol. The third-order valence-corrected chi connectivity index (χ3v) is 7.73. The van der Waals surface area contributed by atoms with E-state index in [9.17, 15) is 0 Å². The second-order valence-electron chi connectivity index (χ2n) is 11.5. The van der Waals surface area contributed by atoms with E-state index in [4.69, 9.17) is 4.74 Å². The van der Waals surface area contributed by atoms with Crippen molar-refractivity contribution in [1.29, 1.82) is 0 Å². The van der Waals surface area contributed by atoms with Crippen LogP contribution in [0.1, 0.15) is 189 Å². The van der Waals surface area contributed by atoms with E-state index in [-0.39, 0.29) is 0 Å². The highest BCUT2D eigenvalue weighted by Crippen LogP contribution is 2.33. The Morgan fingerprint density at radius 3 is 1.15 bits per heavy atom. The van der Waals surface area contributed by atoms with Gasteiger partial charge in [0, 0.05) is 6.61 Å². The van der Waals surface area contributed by atoms with Crippen LogP contribution in [0, 0.1) is 5.41 Å². The summed E-state index contributed by atoms with van der Waals surface area (Å²) in [6.07, 6.45) is 34.5. The van der Waals surface area contributed by atoms with Crippen LogP contribution in [0.2, 0.25) is 0 Å². The van der Waals surface area contributed by atoms with Gasteiger partial charge < -0.3 is 4.74 Å². The van der Waals surface area contributed by atoms with Crippen LogP contribution in [-0.4, -0.2) is 12.7 Å². The summed E-state index contributed by atoms with van der Waals surface area (Å²) < 4.78 is 6.21. The molecule has 0 rings (SSSR count). The number of unbranched alkanes of at least 4 members (excludes halogenated alkanes) is 20. The Hall–Kier alpha value is -0.0400. The summed E-state index contributed by atoms with van der Waals surface area (Å²) in [5.74, 6) is 0. The molecule has 0 aromatic rings. The average molecular weight is 467 g/mol. The van der Waals surface area contributed by atoms with Gasteiger partial charge in [0.05, 0.1) is 6.10 Å². The standard InChI is InChI=1S/C32H66O/c1-6-9-11-13-15-16-17-18-19-20-21-22-23-24-26-28-30-32(4,5)31(33-8-3)29-27-25-14-12-10-7-2/h31H,6-30H2,1-5H3. The van der Waals surface area contributed by atoms with Crippen molar-refractivity contribution in [3.8, 4) is 0 Å². The highest BCUT2D eigenvalue weighted by atomic mass is 16.5. The van der Waals surface area contributed by atoms with Crippen molar-refractivity contribution in [3.05, 3.63) is 0 Å². The largest absolute Gasteiger partial charge is 0.378 e. The molecule has 0 aromatic carbocycles. The van der Waals surface area contributed by atoms with E-state index in [2.05, 4.69) is 34.6 Å². The van der Waals surface area contributed by atoms with Gasteiger partial charge in [-0.25, -0.2) is 0 Å². The third-order valence-electron chi connectivity index (χ3n) is 7.73.